The Morgan fingerprint density at radius 1 is 1.50 bits per heavy atom. The van der Waals surface area contributed by atoms with E-state index in [1.807, 2.05) is 18.7 Å². The maximum Gasteiger partial charge on any atom is 0.303 e. The van der Waals surface area contributed by atoms with Gasteiger partial charge in [-0.25, -0.2) is 8.78 Å². The largest absolute Gasteiger partial charge is 0.481 e. The standard InChI is InChI=1S/C13H23F2NO2/c1-3-5-10(4-2)16-9-13(14,15)8-11(16)6-7-12(17)18/h10-11H,3-9H2,1-2H3,(H,17,18)/t10?,11-/m0/s1. The third-order valence-corrected chi connectivity index (χ3v) is 3.67. The number of carboxylic acids is 1. The predicted molar refractivity (Wildman–Crippen MR) is 65.9 cm³/mol. The first-order valence-corrected chi connectivity index (χ1v) is 6.75. The van der Waals surface area contributed by atoms with Gasteiger partial charge in [-0.15, -0.1) is 0 Å². The first kappa shape index (κ1) is 15.3. The van der Waals surface area contributed by atoms with Crippen molar-refractivity contribution in [3.8, 4) is 0 Å². The van der Waals surface area contributed by atoms with Crippen LogP contribution in [-0.2, 0) is 4.79 Å². The Morgan fingerprint density at radius 3 is 2.67 bits per heavy atom. The minimum atomic E-state index is -2.66. The Kier molecular flexibility index (Phi) is 5.50. The second-order valence-electron chi connectivity index (χ2n) is 5.17. The summed E-state index contributed by atoms with van der Waals surface area (Å²) < 4.78 is 27.0. The molecule has 1 N–H and O–H groups in total. The van der Waals surface area contributed by atoms with Crippen LogP contribution in [0.2, 0.25) is 0 Å². The maximum atomic E-state index is 13.5. The van der Waals surface area contributed by atoms with Crippen LogP contribution in [0.4, 0.5) is 8.78 Å². The molecule has 0 saturated carbocycles. The second-order valence-corrected chi connectivity index (χ2v) is 5.17. The summed E-state index contributed by atoms with van der Waals surface area (Å²) >= 11 is 0. The third-order valence-electron chi connectivity index (χ3n) is 3.67. The summed E-state index contributed by atoms with van der Waals surface area (Å²) in [6.45, 7) is 3.84. The van der Waals surface area contributed by atoms with Gasteiger partial charge in [-0.3, -0.25) is 9.69 Å². The van der Waals surface area contributed by atoms with Crippen molar-refractivity contribution < 1.29 is 18.7 Å². The minimum Gasteiger partial charge on any atom is -0.481 e. The smallest absolute Gasteiger partial charge is 0.303 e. The van der Waals surface area contributed by atoms with Gasteiger partial charge >= 0.3 is 5.97 Å². The van der Waals surface area contributed by atoms with Crippen LogP contribution >= 0.6 is 0 Å². The Hall–Kier alpha value is -0.710. The van der Waals surface area contributed by atoms with E-state index in [0.717, 1.165) is 19.3 Å². The van der Waals surface area contributed by atoms with E-state index in [9.17, 15) is 13.6 Å². The van der Waals surface area contributed by atoms with E-state index in [1.165, 1.54) is 0 Å². The van der Waals surface area contributed by atoms with E-state index < -0.39 is 11.9 Å². The molecule has 5 heteroatoms. The Balaban J connectivity index is 2.68. The van der Waals surface area contributed by atoms with Crippen LogP contribution in [0.25, 0.3) is 0 Å². The summed E-state index contributed by atoms with van der Waals surface area (Å²) in [6.07, 6.45) is 2.81. The molecule has 0 spiro atoms. The lowest BCUT2D eigenvalue weighted by atomic mass is 10.0. The number of hydrogen-bond acceptors (Lipinski definition) is 2. The van der Waals surface area contributed by atoms with Crippen LogP contribution in [0.1, 0.15) is 52.4 Å². The summed E-state index contributed by atoms with van der Waals surface area (Å²) in [4.78, 5) is 12.4. The number of likely N-dealkylation sites (tertiary alicyclic amines) is 1. The van der Waals surface area contributed by atoms with Gasteiger partial charge in [0.05, 0.1) is 6.54 Å². The van der Waals surface area contributed by atoms with Crippen molar-refractivity contribution in [1.82, 2.24) is 4.90 Å². The topological polar surface area (TPSA) is 40.5 Å². The van der Waals surface area contributed by atoms with Gasteiger partial charge in [0.1, 0.15) is 0 Å². The number of carbonyl (C=O) groups is 1. The lowest BCUT2D eigenvalue weighted by molar-refractivity contribution is -0.137. The highest BCUT2D eigenvalue weighted by Gasteiger charge is 2.46. The zero-order chi connectivity index (χ0) is 13.8. The van der Waals surface area contributed by atoms with Crippen molar-refractivity contribution in [3.63, 3.8) is 0 Å². The molecule has 0 bridgehead atoms. The lowest BCUT2D eigenvalue weighted by Gasteiger charge is -2.31. The number of alkyl halides is 2. The molecule has 18 heavy (non-hydrogen) atoms. The summed E-state index contributed by atoms with van der Waals surface area (Å²) in [5, 5.41) is 8.68. The molecule has 0 aromatic rings. The van der Waals surface area contributed by atoms with E-state index in [2.05, 4.69) is 0 Å². The minimum absolute atomic E-state index is 0.0280. The van der Waals surface area contributed by atoms with E-state index >= 15 is 0 Å². The molecule has 1 fully saturated rings. The molecule has 3 nitrogen and oxygen atoms in total. The SMILES string of the molecule is CCCC(CC)N1CC(F)(F)C[C@@H]1CCC(=O)O. The maximum absolute atomic E-state index is 13.5. The quantitative estimate of drug-likeness (QED) is 0.767. The summed E-state index contributed by atoms with van der Waals surface area (Å²) in [7, 11) is 0. The second kappa shape index (κ2) is 6.45. The van der Waals surface area contributed by atoms with Gasteiger partial charge in [-0.05, 0) is 19.3 Å². The average molecular weight is 263 g/mol. The summed E-state index contributed by atoms with van der Waals surface area (Å²) in [6, 6.07) is -0.130. The van der Waals surface area contributed by atoms with Gasteiger partial charge < -0.3 is 5.11 Å². The van der Waals surface area contributed by atoms with Crippen molar-refractivity contribution in [2.24, 2.45) is 0 Å². The highest BCUT2D eigenvalue weighted by Crippen LogP contribution is 2.36. The molecule has 0 aliphatic carbocycles. The average Bonchev–Trinajstić information content (AvgIpc) is 2.58. The molecule has 0 amide bonds. The van der Waals surface area contributed by atoms with Gasteiger partial charge in [-0.1, -0.05) is 20.3 Å². The highest BCUT2D eigenvalue weighted by molar-refractivity contribution is 5.66. The predicted octanol–water partition coefficient (Wildman–Crippen LogP) is 3.14. The van der Waals surface area contributed by atoms with Crippen molar-refractivity contribution in [2.45, 2.75) is 70.4 Å². The molecule has 0 radical (unpaired) electrons. The normalized spacial score (nSPS) is 25.2. The Labute approximate surface area is 107 Å². The number of carboxylic acid groups (broad SMARTS) is 1. The molecule has 2 atom stereocenters. The molecule has 1 rings (SSSR count). The summed E-state index contributed by atoms with van der Waals surface area (Å²) in [5.74, 6) is -3.57. The van der Waals surface area contributed by atoms with Crippen LogP contribution in [-0.4, -0.2) is 40.5 Å². The Morgan fingerprint density at radius 2 is 2.17 bits per heavy atom. The molecule has 1 aliphatic rings. The van der Waals surface area contributed by atoms with Crippen molar-refractivity contribution >= 4 is 5.97 Å². The van der Waals surface area contributed by atoms with Crippen LogP contribution in [0, 0.1) is 0 Å². The molecule has 106 valence electrons. The molecule has 0 aromatic heterocycles. The fourth-order valence-electron chi connectivity index (χ4n) is 2.85. The van der Waals surface area contributed by atoms with Gasteiger partial charge in [-0.2, -0.15) is 0 Å². The monoisotopic (exact) mass is 263 g/mol. The molecule has 1 aliphatic heterocycles. The van der Waals surface area contributed by atoms with E-state index in [0.29, 0.717) is 6.42 Å². The van der Waals surface area contributed by atoms with E-state index in [-0.39, 0.29) is 31.5 Å². The molecule has 0 aromatic carbocycles. The summed E-state index contributed by atoms with van der Waals surface area (Å²) in [5.41, 5.74) is 0. The number of aliphatic carboxylic acids is 1. The Bertz CT molecular complexity index is 284. The zero-order valence-corrected chi connectivity index (χ0v) is 11.2. The third kappa shape index (κ3) is 4.19. The zero-order valence-electron chi connectivity index (χ0n) is 11.2. The van der Waals surface area contributed by atoms with Crippen molar-refractivity contribution in [3.05, 3.63) is 0 Å². The highest BCUT2D eigenvalue weighted by atomic mass is 19.3. The van der Waals surface area contributed by atoms with Gasteiger partial charge in [0.2, 0.25) is 0 Å². The number of rotatable bonds is 7. The molecule has 1 heterocycles. The fraction of sp³-hybridized carbons (Fsp3) is 0.923. The van der Waals surface area contributed by atoms with Crippen molar-refractivity contribution in [1.29, 1.82) is 0 Å². The molecule has 1 unspecified atom stereocenters. The lowest BCUT2D eigenvalue weighted by Crippen LogP contribution is -2.39. The van der Waals surface area contributed by atoms with Crippen LogP contribution in [0.5, 0.6) is 0 Å². The first-order chi connectivity index (χ1) is 8.39. The molecule has 1 saturated heterocycles. The van der Waals surface area contributed by atoms with Gasteiger partial charge in [0.15, 0.2) is 0 Å². The van der Waals surface area contributed by atoms with Crippen LogP contribution in [0.3, 0.4) is 0 Å². The van der Waals surface area contributed by atoms with Crippen LogP contribution in [0.15, 0.2) is 0 Å². The van der Waals surface area contributed by atoms with E-state index in [1.54, 1.807) is 0 Å². The van der Waals surface area contributed by atoms with Crippen molar-refractivity contribution in [2.75, 3.05) is 6.54 Å². The molecular weight excluding hydrogens is 240 g/mol. The first-order valence-electron chi connectivity index (χ1n) is 6.75. The molecular formula is C13H23F2NO2. The van der Waals surface area contributed by atoms with Gasteiger partial charge in [0, 0.05) is 24.9 Å². The van der Waals surface area contributed by atoms with Crippen LogP contribution < -0.4 is 0 Å². The van der Waals surface area contributed by atoms with Gasteiger partial charge in [0.25, 0.3) is 5.92 Å². The fourth-order valence-corrected chi connectivity index (χ4v) is 2.85. The number of hydrogen-bond donors (Lipinski definition) is 1. The number of halogens is 2. The number of nitrogens with zero attached hydrogens (tertiary/aromatic N) is 1. The van der Waals surface area contributed by atoms with E-state index in [4.69, 9.17) is 5.11 Å².